The highest BCUT2D eigenvalue weighted by Gasteiger charge is 2.28. The summed E-state index contributed by atoms with van der Waals surface area (Å²) in [5, 5.41) is 1.14. The Bertz CT molecular complexity index is 1420. The van der Waals surface area contributed by atoms with Crippen LogP contribution in [0.5, 0.6) is 17.2 Å². The third-order valence-corrected chi connectivity index (χ3v) is 8.03. The number of carbonyl (C=O) groups excluding carboxylic acids is 1. The molecule has 1 unspecified atom stereocenters. The average Bonchev–Trinajstić information content (AvgIpc) is 3.37. The summed E-state index contributed by atoms with van der Waals surface area (Å²) in [6.07, 6.45) is 2.59. The molecule has 4 aromatic rings. The molecule has 1 saturated heterocycles. The molecule has 40 heavy (non-hydrogen) atoms. The lowest BCUT2D eigenvalue weighted by Crippen LogP contribution is -2.48. The maximum absolute atomic E-state index is 13.8. The molecule has 1 atom stereocenters. The lowest BCUT2D eigenvalue weighted by molar-refractivity contribution is -0.133. The van der Waals surface area contributed by atoms with Crippen LogP contribution in [0.1, 0.15) is 36.0 Å². The Morgan fingerprint density at radius 1 is 0.825 bits per heavy atom. The number of carbonyl (C=O) groups is 1. The summed E-state index contributed by atoms with van der Waals surface area (Å²) in [5.74, 6) is 2.28. The van der Waals surface area contributed by atoms with E-state index >= 15 is 0 Å². The summed E-state index contributed by atoms with van der Waals surface area (Å²) < 4.78 is 18.9. The zero-order valence-corrected chi connectivity index (χ0v) is 23.9. The van der Waals surface area contributed by atoms with Gasteiger partial charge < -0.3 is 28.6 Å². The fraction of sp³-hybridized carbons (Fsp3) is 0.364. The minimum atomic E-state index is -0.164. The van der Waals surface area contributed by atoms with Gasteiger partial charge in [-0.2, -0.15) is 0 Å². The van der Waals surface area contributed by atoms with Crippen molar-refractivity contribution >= 4 is 16.8 Å². The smallest absolute Gasteiger partial charge is 0.223 e. The number of methoxy groups -OCH3 is 3. The molecule has 1 fully saturated rings. The van der Waals surface area contributed by atoms with Crippen LogP contribution in [0.3, 0.4) is 0 Å². The van der Waals surface area contributed by atoms with Crippen molar-refractivity contribution < 1.29 is 19.0 Å². The van der Waals surface area contributed by atoms with E-state index in [0.717, 1.165) is 60.5 Å². The number of fused-ring (bicyclic) bond motifs is 1. The number of rotatable bonds is 10. The van der Waals surface area contributed by atoms with Crippen LogP contribution in [0.25, 0.3) is 10.9 Å². The van der Waals surface area contributed by atoms with Crippen LogP contribution in [0.15, 0.2) is 72.9 Å². The normalized spacial score (nSPS) is 14.8. The van der Waals surface area contributed by atoms with Gasteiger partial charge in [-0.3, -0.25) is 4.79 Å². The van der Waals surface area contributed by atoms with E-state index in [0.29, 0.717) is 24.5 Å². The predicted molar refractivity (Wildman–Crippen MR) is 159 cm³/mol. The molecule has 0 saturated carbocycles. The maximum Gasteiger partial charge on any atom is 0.223 e. The molecule has 0 N–H and O–H groups in total. The van der Waals surface area contributed by atoms with Gasteiger partial charge in [-0.1, -0.05) is 37.3 Å². The number of para-hydroxylation sites is 1. The summed E-state index contributed by atoms with van der Waals surface area (Å²) in [6.45, 7) is 7.27. The van der Waals surface area contributed by atoms with Crippen molar-refractivity contribution in [3.05, 3.63) is 89.6 Å². The van der Waals surface area contributed by atoms with Gasteiger partial charge in [-0.15, -0.1) is 0 Å². The first-order valence-corrected chi connectivity index (χ1v) is 14.0. The quantitative estimate of drug-likeness (QED) is 0.269. The van der Waals surface area contributed by atoms with Crippen LogP contribution in [0.4, 0.5) is 0 Å². The molecule has 1 amide bonds. The Balaban J connectivity index is 1.55. The van der Waals surface area contributed by atoms with Gasteiger partial charge in [0, 0.05) is 68.2 Å². The third kappa shape index (κ3) is 5.94. The predicted octanol–water partition coefficient (Wildman–Crippen LogP) is 5.40. The molecule has 7 heteroatoms. The average molecular weight is 542 g/mol. The molecule has 3 aromatic carbocycles. The highest BCUT2D eigenvalue weighted by Crippen LogP contribution is 2.38. The molecule has 7 nitrogen and oxygen atoms in total. The lowest BCUT2D eigenvalue weighted by atomic mass is 9.87. The van der Waals surface area contributed by atoms with Gasteiger partial charge in [0.25, 0.3) is 0 Å². The van der Waals surface area contributed by atoms with Crippen LogP contribution in [0, 0.1) is 0 Å². The minimum absolute atomic E-state index is 0.164. The van der Waals surface area contributed by atoms with E-state index in [1.54, 1.807) is 21.3 Å². The second kappa shape index (κ2) is 12.5. The van der Waals surface area contributed by atoms with Crippen LogP contribution < -0.4 is 14.2 Å². The first-order valence-electron chi connectivity index (χ1n) is 14.0. The molecule has 0 aliphatic carbocycles. The Labute approximate surface area is 236 Å². The van der Waals surface area contributed by atoms with Gasteiger partial charge in [-0.25, -0.2) is 0 Å². The lowest BCUT2D eigenvalue weighted by Gasteiger charge is -2.35. The summed E-state index contributed by atoms with van der Waals surface area (Å²) in [5.41, 5.74) is 4.44. The zero-order valence-electron chi connectivity index (χ0n) is 23.9. The molecule has 210 valence electrons. The van der Waals surface area contributed by atoms with Gasteiger partial charge in [0.1, 0.15) is 17.2 Å². The fourth-order valence-electron chi connectivity index (χ4n) is 5.67. The Morgan fingerprint density at radius 3 is 2.10 bits per heavy atom. The van der Waals surface area contributed by atoms with E-state index in [2.05, 4.69) is 59.0 Å². The molecule has 2 heterocycles. The van der Waals surface area contributed by atoms with Crippen LogP contribution in [0.2, 0.25) is 0 Å². The SMILES string of the molecule is CCN1CCN(C(=O)CC(c2cc(OC)cc(OC)c2)c2cn(Cc3ccc(OC)cc3)c3ccccc23)CC1. The molecule has 1 aromatic heterocycles. The van der Waals surface area contributed by atoms with Crippen molar-refractivity contribution in [3.8, 4) is 17.2 Å². The van der Waals surface area contributed by atoms with Gasteiger partial charge in [0.05, 0.1) is 21.3 Å². The standard InChI is InChI=1S/C33H39N3O4/c1-5-34-14-16-35(17-15-34)33(37)21-30(25-18-27(39-3)20-28(19-25)40-4)31-23-36(32-9-7-6-8-29(31)32)22-24-10-12-26(38-2)13-11-24/h6-13,18-20,23,30H,5,14-17,21-22H2,1-4H3. The fourth-order valence-corrected chi connectivity index (χ4v) is 5.67. The number of aromatic nitrogens is 1. The molecule has 0 spiro atoms. The summed E-state index contributed by atoms with van der Waals surface area (Å²) in [6, 6.07) is 22.6. The topological polar surface area (TPSA) is 56.2 Å². The molecule has 5 rings (SSSR count). The number of amides is 1. The number of benzene rings is 3. The van der Waals surface area contributed by atoms with Crippen LogP contribution >= 0.6 is 0 Å². The first kappa shape index (κ1) is 27.6. The second-order valence-electron chi connectivity index (χ2n) is 10.3. The molecular weight excluding hydrogens is 502 g/mol. The molecular formula is C33H39N3O4. The van der Waals surface area contributed by atoms with E-state index in [1.165, 1.54) is 5.56 Å². The number of hydrogen-bond donors (Lipinski definition) is 0. The van der Waals surface area contributed by atoms with Crippen LogP contribution in [-0.4, -0.2) is 74.3 Å². The first-order chi connectivity index (χ1) is 19.5. The largest absolute Gasteiger partial charge is 0.497 e. The van der Waals surface area contributed by atoms with Crippen molar-refractivity contribution in [2.75, 3.05) is 54.1 Å². The Kier molecular flexibility index (Phi) is 8.60. The van der Waals surface area contributed by atoms with E-state index in [4.69, 9.17) is 14.2 Å². The highest BCUT2D eigenvalue weighted by molar-refractivity contribution is 5.87. The molecule has 0 radical (unpaired) electrons. The summed E-state index contributed by atoms with van der Waals surface area (Å²) in [4.78, 5) is 18.2. The highest BCUT2D eigenvalue weighted by atomic mass is 16.5. The Morgan fingerprint density at radius 2 is 1.48 bits per heavy atom. The van der Waals surface area contributed by atoms with Crippen molar-refractivity contribution in [2.24, 2.45) is 0 Å². The zero-order chi connectivity index (χ0) is 28.1. The minimum Gasteiger partial charge on any atom is -0.497 e. The number of piperazine rings is 1. The third-order valence-electron chi connectivity index (χ3n) is 8.03. The molecule has 1 aliphatic rings. The van der Waals surface area contributed by atoms with Gasteiger partial charge in [0.15, 0.2) is 0 Å². The number of hydrogen-bond acceptors (Lipinski definition) is 5. The van der Waals surface area contributed by atoms with Crippen molar-refractivity contribution in [1.29, 1.82) is 0 Å². The molecule has 0 bridgehead atoms. The number of ether oxygens (including phenoxy) is 3. The van der Waals surface area contributed by atoms with E-state index < -0.39 is 0 Å². The Hall–Kier alpha value is -3.97. The van der Waals surface area contributed by atoms with Gasteiger partial charge in [0.2, 0.25) is 5.91 Å². The summed E-state index contributed by atoms with van der Waals surface area (Å²) >= 11 is 0. The maximum atomic E-state index is 13.8. The van der Waals surface area contributed by atoms with Crippen molar-refractivity contribution in [1.82, 2.24) is 14.4 Å². The van der Waals surface area contributed by atoms with E-state index in [9.17, 15) is 4.79 Å². The van der Waals surface area contributed by atoms with Gasteiger partial charge >= 0.3 is 0 Å². The monoisotopic (exact) mass is 541 g/mol. The number of likely N-dealkylation sites (N-methyl/N-ethyl adjacent to an activating group) is 1. The van der Waals surface area contributed by atoms with Crippen LogP contribution in [-0.2, 0) is 11.3 Å². The van der Waals surface area contributed by atoms with Crippen molar-refractivity contribution in [3.63, 3.8) is 0 Å². The molecule has 1 aliphatic heterocycles. The van der Waals surface area contributed by atoms with Gasteiger partial charge in [-0.05, 0) is 53.6 Å². The van der Waals surface area contributed by atoms with E-state index in [-0.39, 0.29) is 11.8 Å². The second-order valence-corrected chi connectivity index (χ2v) is 10.3. The summed E-state index contributed by atoms with van der Waals surface area (Å²) in [7, 11) is 5.00. The number of nitrogens with zero attached hydrogens (tertiary/aromatic N) is 3. The van der Waals surface area contributed by atoms with E-state index in [1.807, 2.05) is 35.2 Å². The van der Waals surface area contributed by atoms with Crippen molar-refractivity contribution in [2.45, 2.75) is 25.8 Å².